The van der Waals surface area contributed by atoms with E-state index in [1.807, 2.05) is 12.1 Å². The summed E-state index contributed by atoms with van der Waals surface area (Å²) in [5.41, 5.74) is 2.15. The smallest absolute Gasteiger partial charge is 0.417 e. The van der Waals surface area contributed by atoms with Gasteiger partial charge in [-0.05, 0) is 17.7 Å². The number of carboxylic acid groups (broad SMARTS) is 1. The van der Waals surface area contributed by atoms with Gasteiger partial charge in [0.2, 0.25) is 0 Å². The second kappa shape index (κ2) is 5.33. The molecule has 0 aliphatic heterocycles. The SMILES string of the molecule is O=C(O)/C=C/CNCc1ccc2oc(=O)[nH]c2c1. The molecule has 94 valence electrons. The van der Waals surface area contributed by atoms with Gasteiger partial charge in [-0.25, -0.2) is 9.59 Å². The molecule has 18 heavy (non-hydrogen) atoms. The Morgan fingerprint density at radius 2 is 2.33 bits per heavy atom. The van der Waals surface area contributed by atoms with Crippen LogP contribution in [-0.4, -0.2) is 22.6 Å². The van der Waals surface area contributed by atoms with E-state index in [1.54, 1.807) is 6.07 Å². The lowest BCUT2D eigenvalue weighted by Crippen LogP contribution is -2.13. The Balaban J connectivity index is 1.95. The first-order chi connectivity index (χ1) is 8.65. The van der Waals surface area contributed by atoms with Crippen LogP contribution in [0.5, 0.6) is 0 Å². The number of H-pyrrole nitrogens is 1. The fourth-order valence-corrected chi connectivity index (χ4v) is 1.57. The van der Waals surface area contributed by atoms with Gasteiger partial charge in [0.05, 0.1) is 5.52 Å². The van der Waals surface area contributed by atoms with Crippen molar-refractivity contribution in [2.24, 2.45) is 0 Å². The quantitative estimate of drug-likeness (QED) is 0.538. The standard InChI is InChI=1S/C12H12N2O4/c15-11(16)2-1-5-13-7-8-3-4-10-9(6-8)14-12(17)18-10/h1-4,6,13H,5,7H2,(H,14,17)(H,15,16)/b2-1+. The molecule has 2 rings (SSSR count). The van der Waals surface area contributed by atoms with E-state index >= 15 is 0 Å². The molecule has 0 bridgehead atoms. The highest BCUT2D eigenvalue weighted by Crippen LogP contribution is 2.11. The number of carbonyl (C=O) groups is 1. The normalized spacial score (nSPS) is 11.3. The predicted octanol–water partition coefficient (Wildman–Crippen LogP) is 0.851. The Morgan fingerprint density at radius 1 is 1.50 bits per heavy atom. The molecule has 0 saturated carbocycles. The maximum absolute atomic E-state index is 11.0. The minimum Gasteiger partial charge on any atom is -0.478 e. The Bertz CT molecular complexity index is 639. The number of fused-ring (bicyclic) bond motifs is 1. The molecular weight excluding hydrogens is 236 g/mol. The zero-order valence-electron chi connectivity index (χ0n) is 9.47. The van der Waals surface area contributed by atoms with Crippen molar-refractivity contribution in [1.82, 2.24) is 10.3 Å². The number of aromatic amines is 1. The highest BCUT2D eigenvalue weighted by atomic mass is 16.4. The van der Waals surface area contributed by atoms with Gasteiger partial charge in [-0.15, -0.1) is 0 Å². The number of rotatable bonds is 5. The van der Waals surface area contributed by atoms with Crippen molar-refractivity contribution in [3.8, 4) is 0 Å². The molecule has 6 heteroatoms. The van der Waals surface area contributed by atoms with Crippen molar-refractivity contribution < 1.29 is 14.3 Å². The summed E-state index contributed by atoms with van der Waals surface area (Å²) in [6.07, 6.45) is 2.62. The molecule has 1 aromatic carbocycles. The first-order valence-corrected chi connectivity index (χ1v) is 5.37. The van der Waals surface area contributed by atoms with Gasteiger partial charge >= 0.3 is 11.7 Å². The largest absolute Gasteiger partial charge is 0.478 e. The minimum atomic E-state index is -0.964. The molecule has 0 atom stereocenters. The molecule has 0 unspecified atom stereocenters. The third-order valence-electron chi connectivity index (χ3n) is 2.34. The number of aliphatic carboxylic acids is 1. The van der Waals surface area contributed by atoms with Crippen LogP contribution < -0.4 is 11.1 Å². The Hall–Kier alpha value is -2.34. The third kappa shape index (κ3) is 3.08. The second-order valence-electron chi connectivity index (χ2n) is 3.72. The predicted molar refractivity (Wildman–Crippen MR) is 65.3 cm³/mol. The fourth-order valence-electron chi connectivity index (χ4n) is 1.57. The summed E-state index contributed by atoms with van der Waals surface area (Å²) in [6, 6.07) is 5.37. The topological polar surface area (TPSA) is 95.3 Å². The first kappa shape index (κ1) is 12.1. The van der Waals surface area contributed by atoms with Gasteiger partial charge < -0.3 is 14.8 Å². The number of carboxylic acids is 1. The van der Waals surface area contributed by atoms with E-state index in [2.05, 4.69) is 10.3 Å². The average Bonchev–Trinajstić information content (AvgIpc) is 2.67. The Morgan fingerprint density at radius 3 is 3.11 bits per heavy atom. The van der Waals surface area contributed by atoms with Crippen molar-refractivity contribution in [2.75, 3.05) is 6.54 Å². The van der Waals surface area contributed by atoms with Gasteiger partial charge in [0.15, 0.2) is 5.58 Å². The van der Waals surface area contributed by atoms with Crippen LogP contribution in [0.4, 0.5) is 0 Å². The van der Waals surface area contributed by atoms with Crippen LogP contribution in [0.3, 0.4) is 0 Å². The van der Waals surface area contributed by atoms with Crippen LogP contribution in [0.1, 0.15) is 5.56 Å². The highest BCUT2D eigenvalue weighted by Gasteiger charge is 2.01. The molecule has 1 aromatic heterocycles. The summed E-state index contributed by atoms with van der Waals surface area (Å²) in [7, 11) is 0. The van der Waals surface area contributed by atoms with Crippen molar-refractivity contribution in [2.45, 2.75) is 6.54 Å². The molecular formula is C12H12N2O4. The minimum absolute atomic E-state index is 0.465. The monoisotopic (exact) mass is 248 g/mol. The molecule has 6 nitrogen and oxygen atoms in total. The van der Waals surface area contributed by atoms with Crippen molar-refractivity contribution >= 4 is 17.1 Å². The Kier molecular flexibility index (Phi) is 3.59. The van der Waals surface area contributed by atoms with E-state index in [-0.39, 0.29) is 0 Å². The molecule has 0 amide bonds. The van der Waals surface area contributed by atoms with Crippen molar-refractivity contribution in [3.63, 3.8) is 0 Å². The number of oxazole rings is 1. The summed E-state index contributed by atoms with van der Waals surface area (Å²) < 4.78 is 4.88. The Labute approximate surface area is 102 Å². The van der Waals surface area contributed by atoms with Gasteiger partial charge in [-0.1, -0.05) is 12.1 Å². The molecule has 0 radical (unpaired) electrons. The van der Waals surface area contributed by atoms with E-state index in [4.69, 9.17) is 9.52 Å². The maximum Gasteiger partial charge on any atom is 0.417 e. The molecule has 1 heterocycles. The zero-order chi connectivity index (χ0) is 13.0. The maximum atomic E-state index is 11.0. The van der Waals surface area contributed by atoms with E-state index in [9.17, 15) is 9.59 Å². The molecule has 0 saturated heterocycles. The van der Waals surface area contributed by atoms with Crippen LogP contribution >= 0.6 is 0 Å². The van der Waals surface area contributed by atoms with Gasteiger partial charge in [0.1, 0.15) is 0 Å². The van der Waals surface area contributed by atoms with Crippen LogP contribution in [0.25, 0.3) is 11.1 Å². The zero-order valence-corrected chi connectivity index (χ0v) is 9.47. The number of hydrogen-bond donors (Lipinski definition) is 3. The molecule has 2 aromatic rings. The van der Waals surface area contributed by atoms with Crippen LogP contribution in [0.2, 0.25) is 0 Å². The summed E-state index contributed by atoms with van der Waals surface area (Å²) in [5, 5.41) is 11.4. The fraction of sp³-hybridized carbons (Fsp3) is 0.167. The molecule has 0 spiro atoms. The average molecular weight is 248 g/mol. The van der Waals surface area contributed by atoms with Crippen molar-refractivity contribution in [1.29, 1.82) is 0 Å². The summed E-state index contributed by atoms with van der Waals surface area (Å²) in [4.78, 5) is 23.8. The molecule has 3 N–H and O–H groups in total. The van der Waals surface area contributed by atoms with E-state index in [1.165, 1.54) is 6.08 Å². The summed E-state index contributed by atoms with van der Waals surface area (Å²) >= 11 is 0. The van der Waals surface area contributed by atoms with Gasteiger partial charge in [-0.3, -0.25) is 4.98 Å². The van der Waals surface area contributed by atoms with E-state index in [0.29, 0.717) is 24.2 Å². The number of hydrogen-bond acceptors (Lipinski definition) is 4. The highest BCUT2D eigenvalue weighted by molar-refractivity contribution is 5.79. The summed E-state index contributed by atoms with van der Waals surface area (Å²) in [5.74, 6) is -1.44. The molecule has 0 fully saturated rings. The van der Waals surface area contributed by atoms with E-state index in [0.717, 1.165) is 11.6 Å². The molecule has 0 aliphatic carbocycles. The van der Waals surface area contributed by atoms with Crippen LogP contribution in [0, 0.1) is 0 Å². The third-order valence-corrected chi connectivity index (χ3v) is 2.34. The first-order valence-electron chi connectivity index (χ1n) is 5.37. The lowest BCUT2D eigenvalue weighted by atomic mass is 10.2. The van der Waals surface area contributed by atoms with Crippen LogP contribution in [-0.2, 0) is 11.3 Å². The number of nitrogens with one attached hydrogen (secondary N) is 2. The number of benzene rings is 1. The molecule has 0 aliphatic rings. The number of aromatic nitrogens is 1. The van der Waals surface area contributed by atoms with Gasteiger partial charge in [0, 0.05) is 19.2 Å². The van der Waals surface area contributed by atoms with Gasteiger partial charge in [-0.2, -0.15) is 0 Å². The lowest BCUT2D eigenvalue weighted by molar-refractivity contribution is -0.131. The second-order valence-corrected chi connectivity index (χ2v) is 3.72. The van der Waals surface area contributed by atoms with Crippen molar-refractivity contribution in [3.05, 3.63) is 46.5 Å². The van der Waals surface area contributed by atoms with E-state index < -0.39 is 11.7 Å². The summed E-state index contributed by atoms with van der Waals surface area (Å²) in [6.45, 7) is 1.04. The van der Waals surface area contributed by atoms with Crippen LogP contribution in [0.15, 0.2) is 39.6 Å². The van der Waals surface area contributed by atoms with Gasteiger partial charge in [0.25, 0.3) is 0 Å². The lowest BCUT2D eigenvalue weighted by Gasteiger charge is -2.01.